The number of hydrogen-bond donors (Lipinski definition) is 0. The van der Waals surface area contributed by atoms with Gasteiger partial charge in [0, 0.05) is 80.9 Å². The molecule has 0 aliphatic rings. The van der Waals surface area contributed by atoms with E-state index < -0.39 is 0 Å². The third-order valence-electron chi connectivity index (χ3n) is 11.2. The number of rotatable bonds is 6. The van der Waals surface area contributed by atoms with Crippen LogP contribution in [-0.4, -0.2) is 0 Å². The second-order valence-corrected chi connectivity index (χ2v) is 16.6. The smallest absolute Gasteiger partial charge is 0.137 e. The second-order valence-electron chi connectivity index (χ2n) is 14.5. The molecule has 3 heterocycles. The van der Waals surface area contributed by atoms with E-state index in [1.807, 2.05) is 28.7 Å². The van der Waals surface area contributed by atoms with Crippen LogP contribution in [-0.2, 0) is 0 Å². The van der Waals surface area contributed by atoms with Gasteiger partial charge in [0.2, 0.25) is 0 Å². The molecule has 9 aromatic carbocycles. The van der Waals surface area contributed by atoms with Gasteiger partial charge in [-0.15, -0.1) is 22.7 Å². The maximum absolute atomic E-state index is 6.53. The summed E-state index contributed by atoms with van der Waals surface area (Å²) in [5, 5.41) is 9.77. The van der Waals surface area contributed by atoms with Crippen molar-refractivity contribution < 1.29 is 4.42 Å². The van der Waals surface area contributed by atoms with Crippen LogP contribution in [0.1, 0.15) is 0 Å². The lowest BCUT2D eigenvalue weighted by atomic mass is 10.0. The quantitative estimate of drug-likeness (QED) is 0.168. The fraction of sp³-hybridized carbons (Fsp3) is 0. The standard InChI is InChI=1S/C52H32N2OS2/c1-3-14-34(15-4-1)54(35-16-5-2-6-17-35)46-31-38(30-45-43-26-23-33-13-7-8-18-39(33)51(43)57-52(45)46)53(36-25-28-50-44(29-36)42-20-10-12-22-49(42)56-50)37-24-27-41-40-19-9-11-21-47(40)55-48(41)32-37/h1-32H. The summed E-state index contributed by atoms with van der Waals surface area (Å²) >= 11 is 3.73. The molecule has 0 saturated carbocycles. The van der Waals surface area contributed by atoms with Crippen LogP contribution in [0.25, 0.3) is 73.1 Å². The maximum Gasteiger partial charge on any atom is 0.137 e. The summed E-state index contributed by atoms with van der Waals surface area (Å²) in [6, 6.07) is 70.3. The van der Waals surface area contributed by atoms with Crippen molar-refractivity contribution >= 4 is 130 Å². The van der Waals surface area contributed by atoms with Gasteiger partial charge >= 0.3 is 0 Å². The molecule has 0 aliphatic carbocycles. The summed E-state index contributed by atoms with van der Waals surface area (Å²) in [4.78, 5) is 4.83. The summed E-state index contributed by atoms with van der Waals surface area (Å²) in [5.74, 6) is 0. The zero-order chi connectivity index (χ0) is 37.5. The first kappa shape index (κ1) is 32.3. The number of furan rings is 1. The molecule has 0 fully saturated rings. The van der Waals surface area contributed by atoms with Gasteiger partial charge in [0.05, 0.1) is 10.4 Å². The first-order valence-corrected chi connectivity index (χ1v) is 20.8. The Bertz CT molecular complexity index is 3450. The van der Waals surface area contributed by atoms with E-state index in [1.165, 1.54) is 51.1 Å². The van der Waals surface area contributed by atoms with Crippen LogP contribution >= 0.6 is 22.7 Å². The summed E-state index contributed by atoms with van der Waals surface area (Å²) in [7, 11) is 0. The molecule has 3 aromatic heterocycles. The summed E-state index contributed by atoms with van der Waals surface area (Å²) in [5.41, 5.74) is 8.27. The fourth-order valence-electron chi connectivity index (χ4n) is 8.60. The molecule has 0 N–H and O–H groups in total. The third kappa shape index (κ3) is 5.17. The van der Waals surface area contributed by atoms with Crippen LogP contribution < -0.4 is 9.80 Å². The number of fused-ring (bicyclic) bond motifs is 11. The molecular formula is C52H32N2OS2. The molecule has 268 valence electrons. The molecule has 57 heavy (non-hydrogen) atoms. The highest BCUT2D eigenvalue weighted by Crippen LogP contribution is 2.51. The van der Waals surface area contributed by atoms with Crippen LogP contribution in [0.15, 0.2) is 199 Å². The van der Waals surface area contributed by atoms with Crippen molar-refractivity contribution in [1.82, 2.24) is 0 Å². The van der Waals surface area contributed by atoms with Crippen LogP contribution in [0, 0.1) is 0 Å². The zero-order valence-corrected chi connectivity index (χ0v) is 32.2. The van der Waals surface area contributed by atoms with Crippen molar-refractivity contribution in [2.75, 3.05) is 9.80 Å². The van der Waals surface area contributed by atoms with Crippen molar-refractivity contribution in [3.8, 4) is 0 Å². The SMILES string of the molecule is c1ccc(N(c2ccccc2)c2cc(N(c3ccc4c(c3)oc3ccccc34)c3ccc4sc5ccccc5c4c3)cc3c2sc2c4ccccc4ccc32)cc1. The maximum atomic E-state index is 6.53. The number of hydrogen-bond acceptors (Lipinski definition) is 5. The predicted molar refractivity (Wildman–Crippen MR) is 246 cm³/mol. The van der Waals surface area contributed by atoms with Gasteiger partial charge in [-0.05, 0) is 89.6 Å². The predicted octanol–water partition coefficient (Wildman–Crippen LogP) is 16.4. The lowest BCUT2D eigenvalue weighted by molar-refractivity contribution is 0.669. The van der Waals surface area contributed by atoms with Crippen molar-refractivity contribution in [1.29, 1.82) is 0 Å². The van der Waals surface area contributed by atoms with E-state index in [9.17, 15) is 0 Å². The summed E-state index contributed by atoms with van der Waals surface area (Å²) in [6.07, 6.45) is 0. The Morgan fingerprint density at radius 1 is 0.316 bits per heavy atom. The highest BCUT2D eigenvalue weighted by Gasteiger charge is 2.24. The Labute approximate surface area is 336 Å². The average Bonchev–Trinajstić information content (AvgIpc) is 3.96. The monoisotopic (exact) mass is 764 g/mol. The molecule has 5 heteroatoms. The van der Waals surface area contributed by atoms with E-state index in [2.05, 4.69) is 198 Å². The molecule has 12 aromatic rings. The van der Waals surface area contributed by atoms with Gasteiger partial charge in [-0.1, -0.05) is 109 Å². The van der Waals surface area contributed by atoms with Crippen LogP contribution in [0.4, 0.5) is 34.1 Å². The number of thiophene rings is 2. The number of anilines is 6. The Morgan fingerprint density at radius 3 is 1.75 bits per heavy atom. The van der Waals surface area contributed by atoms with Gasteiger partial charge in [-0.3, -0.25) is 0 Å². The van der Waals surface area contributed by atoms with E-state index in [1.54, 1.807) is 0 Å². The van der Waals surface area contributed by atoms with Gasteiger partial charge in [-0.25, -0.2) is 0 Å². The van der Waals surface area contributed by atoms with Crippen LogP contribution in [0.5, 0.6) is 0 Å². The Morgan fingerprint density at radius 2 is 0.930 bits per heavy atom. The number of nitrogens with zero attached hydrogens (tertiary/aromatic N) is 2. The van der Waals surface area contributed by atoms with Crippen molar-refractivity contribution in [2.24, 2.45) is 0 Å². The van der Waals surface area contributed by atoms with E-state index in [4.69, 9.17) is 4.42 Å². The Kier molecular flexibility index (Phi) is 7.27. The Hall–Kier alpha value is -6.92. The van der Waals surface area contributed by atoms with E-state index in [-0.39, 0.29) is 0 Å². The van der Waals surface area contributed by atoms with E-state index in [0.717, 1.165) is 56.1 Å². The minimum Gasteiger partial charge on any atom is -0.456 e. The van der Waals surface area contributed by atoms with E-state index in [0.29, 0.717) is 0 Å². The van der Waals surface area contributed by atoms with Gasteiger partial charge in [0.25, 0.3) is 0 Å². The normalized spacial score (nSPS) is 11.9. The molecule has 0 radical (unpaired) electrons. The molecule has 0 amide bonds. The molecule has 0 spiro atoms. The van der Waals surface area contributed by atoms with Crippen molar-refractivity contribution in [3.05, 3.63) is 194 Å². The Balaban J connectivity index is 1.19. The van der Waals surface area contributed by atoms with Gasteiger partial charge < -0.3 is 14.2 Å². The molecular weight excluding hydrogens is 733 g/mol. The first-order valence-electron chi connectivity index (χ1n) is 19.2. The highest BCUT2D eigenvalue weighted by molar-refractivity contribution is 7.27. The van der Waals surface area contributed by atoms with Gasteiger partial charge in [0.1, 0.15) is 11.2 Å². The number of benzene rings is 9. The molecule has 3 nitrogen and oxygen atoms in total. The minimum absolute atomic E-state index is 0.865. The second kappa shape index (κ2) is 12.8. The average molecular weight is 765 g/mol. The zero-order valence-electron chi connectivity index (χ0n) is 30.6. The molecule has 0 atom stereocenters. The van der Waals surface area contributed by atoms with Crippen molar-refractivity contribution in [2.45, 2.75) is 0 Å². The first-order chi connectivity index (χ1) is 28.2. The van der Waals surface area contributed by atoms with Crippen LogP contribution in [0.3, 0.4) is 0 Å². The summed E-state index contributed by atoms with van der Waals surface area (Å²) < 4.78 is 11.6. The van der Waals surface area contributed by atoms with Gasteiger partial charge in [0.15, 0.2) is 0 Å². The topological polar surface area (TPSA) is 19.6 Å². The third-order valence-corrected chi connectivity index (χ3v) is 13.6. The van der Waals surface area contributed by atoms with Crippen LogP contribution in [0.2, 0.25) is 0 Å². The van der Waals surface area contributed by atoms with Gasteiger partial charge in [-0.2, -0.15) is 0 Å². The fourth-order valence-corrected chi connectivity index (χ4v) is 11.0. The largest absolute Gasteiger partial charge is 0.456 e. The molecule has 0 saturated heterocycles. The lowest BCUT2D eigenvalue weighted by Gasteiger charge is -2.30. The minimum atomic E-state index is 0.865. The lowest BCUT2D eigenvalue weighted by Crippen LogP contribution is -2.13. The highest BCUT2D eigenvalue weighted by atomic mass is 32.1. The van der Waals surface area contributed by atoms with E-state index >= 15 is 0 Å². The number of para-hydroxylation sites is 3. The molecule has 0 bridgehead atoms. The molecule has 12 rings (SSSR count). The van der Waals surface area contributed by atoms with Crippen molar-refractivity contribution in [3.63, 3.8) is 0 Å². The summed E-state index contributed by atoms with van der Waals surface area (Å²) in [6.45, 7) is 0. The molecule has 0 aliphatic heterocycles. The molecule has 0 unspecified atom stereocenters.